The highest BCUT2D eigenvalue weighted by Crippen LogP contribution is 1.76. The van der Waals surface area contributed by atoms with Crippen molar-refractivity contribution in [2.24, 2.45) is 4.99 Å². The molecule has 0 N–H and O–H groups in total. The van der Waals surface area contributed by atoms with Crippen LogP contribution in [0.4, 0.5) is 0 Å². The van der Waals surface area contributed by atoms with Crippen LogP contribution >= 0.6 is 0 Å². The minimum Gasteiger partial charge on any atom is -0.273 e. The summed E-state index contributed by atoms with van der Waals surface area (Å²) in [6.45, 7) is 14.6. The molecule has 0 aliphatic rings. The summed E-state index contributed by atoms with van der Waals surface area (Å²) in [4.78, 5) is 3.49. The molecular weight excluding hydrogens is 134 g/mol. The molecule has 0 radical (unpaired) electrons. The number of hydrogen-bond acceptors (Lipinski definition) is 1. The Bertz CT molecular complexity index is 82.9. The van der Waals surface area contributed by atoms with E-state index < -0.39 is 0 Å². The Morgan fingerprint density at radius 3 is 1.82 bits per heavy atom. The fourth-order valence-corrected chi connectivity index (χ4v) is 0.180. The lowest BCUT2D eigenvalue weighted by molar-refractivity contribution is 1.21. The van der Waals surface area contributed by atoms with Crippen LogP contribution in [0.3, 0.4) is 0 Å². The first-order valence-corrected chi connectivity index (χ1v) is 4.01. The van der Waals surface area contributed by atoms with Gasteiger partial charge in [-0.3, -0.25) is 4.99 Å². The fourth-order valence-electron chi connectivity index (χ4n) is 0.180. The predicted molar refractivity (Wildman–Crippen MR) is 56.2 cm³/mol. The van der Waals surface area contributed by atoms with Crippen molar-refractivity contribution >= 4 is 6.72 Å². The van der Waals surface area contributed by atoms with E-state index in [0.717, 1.165) is 6.42 Å². The summed E-state index contributed by atoms with van der Waals surface area (Å²) >= 11 is 0. The van der Waals surface area contributed by atoms with Crippen LogP contribution in [0.25, 0.3) is 0 Å². The molecule has 1 heteroatoms. The molecule has 0 aromatic carbocycles. The molecule has 11 heavy (non-hydrogen) atoms. The molecule has 0 aromatic rings. The standard InChI is InChI=1S/C5H9N.C3H6.C2H6/c1-3-4-5-6-2;1-3-2;1-2/h4-5H,2-3H2,1H3;3H,1H2,2H3;1-2H3/b5-4-;;. The lowest BCUT2D eigenvalue weighted by Gasteiger charge is -1.68. The van der Waals surface area contributed by atoms with Gasteiger partial charge in [-0.05, 0) is 20.1 Å². The molecular formula is C10H21N. The van der Waals surface area contributed by atoms with Gasteiger partial charge in [-0.25, -0.2) is 0 Å². The van der Waals surface area contributed by atoms with Crippen molar-refractivity contribution in [2.45, 2.75) is 34.1 Å². The highest BCUT2D eigenvalue weighted by molar-refractivity contribution is 5.25. The minimum absolute atomic E-state index is 1.04. The zero-order valence-electron chi connectivity index (χ0n) is 8.30. The minimum atomic E-state index is 1.04. The van der Waals surface area contributed by atoms with E-state index in [2.05, 4.69) is 25.2 Å². The zero-order chi connectivity index (χ0) is 9.54. The SMILES string of the molecule is C=CC.C=N/C=C\CC.CC. The van der Waals surface area contributed by atoms with E-state index in [0.29, 0.717) is 0 Å². The smallest absolute Gasteiger partial charge is 0.0220 e. The van der Waals surface area contributed by atoms with E-state index in [1.54, 1.807) is 12.3 Å². The Kier molecular flexibility index (Phi) is 53.3. The molecule has 1 nitrogen and oxygen atoms in total. The Morgan fingerprint density at radius 1 is 1.36 bits per heavy atom. The van der Waals surface area contributed by atoms with Crippen molar-refractivity contribution in [3.8, 4) is 0 Å². The van der Waals surface area contributed by atoms with Gasteiger partial charge in [0.2, 0.25) is 0 Å². The molecule has 0 unspecified atom stereocenters. The van der Waals surface area contributed by atoms with Crippen LogP contribution in [-0.2, 0) is 0 Å². The van der Waals surface area contributed by atoms with Crippen LogP contribution < -0.4 is 0 Å². The van der Waals surface area contributed by atoms with Gasteiger partial charge in [-0.2, -0.15) is 0 Å². The molecule has 0 saturated carbocycles. The van der Waals surface area contributed by atoms with E-state index in [1.807, 2.05) is 26.8 Å². The van der Waals surface area contributed by atoms with Gasteiger partial charge in [0.15, 0.2) is 0 Å². The largest absolute Gasteiger partial charge is 0.273 e. The maximum absolute atomic E-state index is 3.49. The fraction of sp³-hybridized carbons (Fsp3) is 0.500. The first-order chi connectivity index (χ1) is 5.33. The normalized spacial score (nSPS) is 6.91. The molecule has 0 amide bonds. The van der Waals surface area contributed by atoms with Crippen molar-refractivity contribution in [3.05, 3.63) is 24.9 Å². The van der Waals surface area contributed by atoms with Gasteiger partial charge in [0.05, 0.1) is 0 Å². The van der Waals surface area contributed by atoms with Gasteiger partial charge in [-0.1, -0.05) is 32.9 Å². The number of nitrogens with zero attached hydrogens (tertiary/aromatic N) is 1. The van der Waals surface area contributed by atoms with Gasteiger partial charge in [0.1, 0.15) is 0 Å². The van der Waals surface area contributed by atoms with Crippen LogP contribution in [0.1, 0.15) is 34.1 Å². The van der Waals surface area contributed by atoms with Crippen LogP contribution in [0.2, 0.25) is 0 Å². The monoisotopic (exact) mass is 155 g/mol. The van der Waals surface area contributed by atoms with Gasteiger partial charge in [0, 0.05) is 6.20 Å². The van der Waals surface area contributed by atoms with Gasteiger partial charge in [-0.15, -0.1) is 6.58 Å². The third kappa shape index (κ3) is 101. The summed E-state index contributed by atoms with van der Waals surface area (Å²) in [5.74, 6) is 0. The van der Waals surface area contributed by atoms with Crippen molar-refractivity contribution in [3.63, 3.8) is 0 Å². The Morgan fingerprint density at radius 2 is 1.73 bits per heavy atom. The van der Waals surface area contributed by atoms with E-state index in [1.165, 1.54) is 0 Å². The third-order valence-electron chi connectivity index (χ3n) is 0.447. The van der Waals surface area contributed by atoms with Crippen molar-refractivity contribution in [1.29, 1.82) is 0 Å². The number of rotatable bonds is 2. The Labute approximate surface area is 71.6 Å². The summed E-state index contributed by atoms with van der Waals surface area (Å²) < 4.78 is 0. The van der Waals surface area contributed by atoms with E-state index in [4.69, 9.17) is 0 Å². The summed E-state index contributed by atoms with van der Waals surface area (Å²) in [6.07, 6.45) is 6.44. The summed E-state index contributed by atoms with van der Waals surface area (Å²) in [7, 11) is 0. The zero-order valence-corrected chi connectivity index (χ0v) is 8.30. The van der Waals surface area contributed by atoms with E-state index in [-0.39, 0.29) is 0 Å². The molecule has 0 aliphatic carbocycles. The lowest BCUT2D eigenvalue weighted by Crippen LogP contribution is -1.47. The average molecular weight is 155 g/mol. The highest BCUT2D eigenvalue weighted by atomic mass is 14.6. The number of hydrogen-bond donors (Lipinski definition) is 0. The van der Waals surface area contributed by atoms with Crippen LogP contribution in [0.15, 0.2) is 29.9 Å². The van der Waals surface area contributed by atoms with Crippen LogP contribution in [-0.4, -0.2) is 6.72 Å². The Balaban J connectivity index is -0.000000109. The second-order valence-electron chi connectivity index (χ2n) is 1.38. The molecule has 0 saturated heterocycles. The topological polar surface area (TPSA) is 12.4 Å². The third-order valence-corrected chi connectivity index (χ3v) is 0.447. The number of allylic oxidation sites excluding steroid dienone is 2. The molecule has 0 fully saturated rings. The average Bonchev–Trinajstić information content (AvgIpc) is 2.06. The van der Waals surface area contributed by atoms with Gasteiger partial charge >= 0.3 is 0 Å². The summed E-state index contributed by atoms with van der Waals surface area (Å²) in [5, 5.41) is 0. The summed E-state index contributed by atoms with van der Waals surface area (Å²) in [6, 6.07) is 0. The molecule has 66 valence electrons. The second-order valence-corrected chi connectivity index (χ2v) is 1.38. The first-order valence-electron chi connectivity index (χ1n) is 4.01. The van der Waals surface area contributed by atoms with Crippen molar-refractivity contribution < 1.29 is 0 Å². The maximum Gasteiger partial charge on any atom is 0.0220 e. The Hall–Kier alpha value is -0.850. The molecule has 0 heterocycles. The van der Waals surface area contributed by atoms with E-state index in [9.17, 15) is 0 Å². The van der Waals surface area contributed by atoms with Gasteiger partial charge in [0.25, 0.3) is 0 Å². The molecule has 0 aromatic heterocycles. The molecule has 0 bridgehead atoms. The maximum atomic E-state index is 3.49. The first kappa shape index (κ1) is 16.6. The van der Waals surface area contributed by atoms with Crippen LogP contribution in [0, 0.1) is 0 Å². The van der Waals surface area contributed by atoms with E-state index >= 15 is 0 Å². The summed E-state index contributed by atoms with van der Waals surface area (Å²) in [5.41, 5.74) is 0. The van der Waals surface area contributed by atoms with Crippen molar-refractivity contribution in [1.82, 2.24) is 0 Å². The predicted octanol–water partition coefficient (Wildman–Crippen LogP) is 3.83. The lowest BCUT2D eigenvalue weighted by atomic mass is 10.5. The highest BCUT2D eigenvalue weighted by Gasteiger charge is 1.55. The van der Waals surface area contributed by atoms with Crippen molar-refractivity contribution in [2.75, 3.05) is 0 Å². The quantitative estimate of drug-likeness (QED) is 0.424. The van der Waals surface area contributed by atoms with Gasteiger partial charge < -0.3 is 0 Å². The molecule has 0 atom stereocenters. The molecule has 0 aliphatic heterocycles. The molecule has 0 spiro atoms. The second kappa shape index (κ2) is 35.3. The molecule has 0 rings (SSSR count). The van der Waals surface area contributed by atoms with Crippen LogP contribution in [0.5, 0.6) is 0 Å². The number of aliphatic imine (C=N–C) groups is 1.